The van der Waals surface area contributed by atoms with Crippen LogP contribution in [0.1, 0.15) is 15.9 Å². The van der Waals surface area contributed by atoms with Gasteiger partial charge in [0.1, 0.15) is 0 Å². The van der Waals surface area contributed by atoms with E-state index in [0.29, 0.717) is 11.4 Å². The molecule has 1 aliphatic rings. The van der Waals surface area contributed by atoms with Gasteiger partial charge < -0.3 is 15.2 Å². The van der Waals surface area contributed by atoms with Crippen molar-refractivity contribution < 1.29 is 19.5 Å². The summed E-state index contributed by atoms with van der Waals surface area (Å²) in [6.45, 7) is 1.92. The molecule has 0 aliphatic carbocycles. The van der Waals surface area contributed by atoms with Gasteiger partial charge in [-0.15, -0.1) is 0 Å². The number of carbonyl (C=O) groups is 3. The van der Waals surface area contributed by atoms with E-state index >= 15 is 0 Å². The molecule has 1 atom stereocenters. The molecule has 1 aliphatic heterocycles. The summed E-state index contributed by atoms with van der Waals surface area (Å²) in [5, 5.41) is 12.6. The molecule has 24 heavy (non-hydrogen) atoms. The Morgan fingerprint density at radius 2 is 1.71 bits per heavy atom. The topological polar surface area (TPSA) is 89.5 Å². The van der Waals surface area contributed by atoms with E-state index in [9.17, 15) is 19.5 Å². The minimum Gasteiger partial charge on any atom is -0.545 e. The van der Waals surface area contributed by atoms with Crippen molar-refractivity contribution in [3.63, 3.8) is 0 Å². The number of thioether (sulfide) groups is 1. The van der Waals surface area contributed by atoms with Crippen LogP contribution >= 0.6 is 11.8 Å². The molecule has 0 radical (unpaired) electrons. The normalized spacial score (nSPS) is 17.2. The Bertz CT molecular complexity index is 802. The fraction of sp³-hybridized carbons (Fsp3) is 0.118. The molecule has 1 unspecified atom stereocenters. The highest BCUT2D eigenvalue weighted by molar-refractivity contribution is 8.16. The molecular formula is C17H13N2O4S-. The maximum atomic E-state index is 12.5. The molecule has 3 rings (SSSR count). The maximum Gasteiger partial charge on any atom is 0.295 e. The van der Waals surface area contributed by atoms with Crippen molar-refractivity contribution in [2.45, 2.75) is 12.3 Å². The van der Waals surface area contributed by atoms with Gasteiger partial charge in [0.2, 0.25) is 0 Å². The van der Waals surface area contributed by atoms with E-state index in [1.807, 2.05) is 19.1 Å². The molecular weight excluding hydrogens is 328 g/mol. The highest BCUT2D eigenvalue weighted by atomic mass is 32.2. The number of imide groups is 1. The lowest BCUT2D eigenvalue weighted by Crippen LogP contribution is -2.34. The number of rotatable bonds is 4. The second-order valence-corrected chi connectivity index (χ2v) is 6.34. The summed E-state index contributed by atoms with van der Waals surface area (Å²) in [6, 6.07) is 12.9. The second kappa shape index (κ2) is 6.37. The van der Waals surface area contributed by atoms with Crippen LogP contribution in [0.3, 0.4) is 0 Å². The lowest BCUT2D eigenvalue weighted by Gasteiger charge is -2.15. The Labute approximate surface area is 142 Å². The number of carboxylic acid groups (broad SMARTS) is 1. The molecule has 1 fully saturated rings. The van der Waals surface area contributed by atoms with Crippen LogP contribution < -0.4 is 15.3 Å². The molecule has 0 saturated carbocycles. The summed E-state index contributed by atoms with van der Waals surface area (Å²) in [4.78, 5) is 36.5. The van der Waals surface area contributed by atoms with Crippen molar-refractivity contribution in [1.82, 2.24) is 0 Å². The maximum absolute atomic E-state index is 12.5. The highest BCUT2D eigenvalue weighted by Crippen LogP contribution is 2.32. The number of aryl methyl sites for hydroxylation is 1. The summed E-state index contributed by atoms with van der Waals surface area (Å²) in [5.41, 5.74) is 2.15. The number of carbonyl (C=O) groups excluding carboxylic acids is 3. The first-order valence-electron chi connectivity index (χ1n) is 7.15. The Balaban J connectivity index is 1.76. The molecule has 122 valence electrons. The molecule has 2 amide bonds. The van der Waals surface area contributed by atoms with Crippen LogP contribution in [-0.2, 0) is 4.79 Å². The summed E-state index contributed by atoms with van der Waals surface area (Å²) < 4.78 is 0. The third-order valence-electron chi connectivity index (χ3n) is 3.56. The molecule has 6 nitrogen and oxygen atoms in total. The first-order valence-corrected chi connectivity index (χ1v) is 8.03. The third kappa shape index (κ3) is 3.11. The minimum atomic E-state index is -1.27. The van der Waals surface area contributed by atoms with Gasteiger partial charge in [0, 0.05) is 5.69 Å². The van der Waals surface area contributed by atoms with Crippen LogP contribution in [0, 0.1) is 6.92 Å². The number of aromatic carboxylic acids is 1. The largest absolute Gasteiger partial charge is 0.545 e. The number of carboxylic acids is 1. The van der Waals surface area contributed by atoms with Gasteiger partial charge in [-0.05, 0) is 48.5 Å². The molecule has 1 N–H and O–H groups in total. The lowest BCUT2D eigenvalue weighted by atomic mass is 10.2. The van der Waals surface area contributed by atoms with Crippen LogP contribution in [-0.4, -0.2) is 22.5 Å². The smallest absolute Gasteiger partial charge is 0.295 e. The van der Waals surface area contributed by atoms with Crippen molar-refractivity contribution >= 4 is 40.3 Å². The van der Waals surface area contributed by atoms with E-state index in [2.05, 4.69) is 5.32 Å². The van der Waals surface area contributed by atoms with Crippen LogP contribution in [0.4, 0.5) is 16.2 Å². The van der Waals surface area contributed by atoms with E-state index in [-0.39, 0.29) is 16.7 Å². The molecule has 1 heterocycles. The number of anilines is 2. The fourth-order valence-corrected chi connectivity index (χ4v) is 3.19. The van der Waals surface area contributed by atoms with Crippen LogP contribution in [0.15, 0.2) is 48.5 Å². The van der Waals surface area contributed by atoms with Gasteiger partial charge >= 0.3 is 0 Å². The summed E-state index contributed by atoms with van der Waals surface area (Å²) >= 11 is 0.884. The SMILES string of the molecule is Cc1ccc(N2C(=O)SC(Nc3ccc(C(=O)[O-])cc3)C2=O)cc1. The average molecular weight is 341 g/mol. The molecule has 2 aromatic rings. The van der Waals surface area contributed by atoms with Crippen LogP contribution in [0.25, 0.3) is 0 Å². The predicted molar refractivity (Wildman–Crippen MR) is 89.8 cm³/mol. The molecule has 0 spiro atoms. The Kier molecular flexibility index (Phi) is 4.26. The number of benzene rings is 2. The standard InChI is InChI=1S/C17H14N2O4S/c1-10-2-8-13(9-3-10)19-15(20)14(24-17(19)23)18-12-6-4-11(5-7-12)16(21)22/h2-9,14,18H,1H3,(H,21,22)/p-1. The van der Waals surface area contributed by atoms with E-state index in [4.69, 9.17) is 0 Å². The number of amides is 2. The summed E-state index contributed by atoms with van der Waals surface area (Å²) in [6.07, 6.45) is 0. The van der Waals surface area contributed by atoms with Crippen molar-refractivity contribution in [3.8, 4) is 0 Å². The lowest BCUT2D eigenvalue weighted by molar-refractivity contribution is -0.255. The fourth-order valence-electron chi connectivity index (χ4n) is 2.28. The van der Waals surface area contributed by atoms with Gasteiger partial charge in [0.25, 0.3) is 11.1 Å². The first kappa shape index (κ1) is 16.1. The van der Waals surface area contributed by atoms with Crippen molar-refractivity contribution in [2.24, 2.45) is 0 Å². The minimum absolute atomic E-state index is 0.0447. The Morgan fingerprint density at radius 1 is 1.08 bits per heavy atom. The van der Waals surface area contributed by atoms with Crippen molar-refractivity contribution in [2.75, 3.05) is 10.2 Å². The molecule has 0 bridgehead atoms. The van der Waals surface area contributed by atoms with E-state index in [1.54, 1.807) is 12.1 Å². The van der Waals surface area contributed by atoms with Gasteiger partial charge in [0.15, 0.2) is 5.37 Å². The number of hydrogen-bond donors (Lipinski definition) is 1. The number of nitrogens with one attached hydrogen (secondary N) is 1. The predicted octanol–water partition coefficient (Wildman–Crippen LogP) is 2.00. The van der Waals surface area contributed by atoms with Gasteiger partial charge in [0.05, 0.1) is 11.7 Å². The first-order chi connectivity index (χ1) is 11.5. The second-order valence-electron chi connectivity index (χ2n) is 5.28. The van der Waals surface area contributed by atoms with Crippen molar-refractivity contribution in [3.05, 3.63) is 59.7 Å². The zero-order valence-electron chi connectivity index (χ0n) is 12.7. The van der Waals surface area contributed by atoms with Crippen LogP contribution in [0.2, 0.25) is 0 Å². The zero-order chi connectivity index (χ0) is 17.3. The Hall–Kier alpha value is -2.80. The zero-order valence-corrected chi connectivity index (χ0v) is 13.5. The van der Waals surface area contributed by atoms with Gasteiger partial charge in [-0.3, -0.25) is 9.59 Å². The third-order valence-corrected chi connectivity index (χ3v) is 4.50. The van der Waals surface area contributed by atoms with Crippen molar-refractivity contribution in [1.29, 1.82) is 0 Å². The summed E-state index contributed by atoms with van der Waals surface area (Å²) in [5.74, 6) is -1.63. The quantitative estimate of drug-likeness (QED) is 0.915. The monoisotopic (exact) mass is 341 g/mol. The number of hydrogen-bond acceptors (Lipinski definition) is 6. The molecule has 1 saturated heterocycles. The van der Waals surface area contributed by atoms with Crippen LogP contribution in [0.5, 0.6) is 0 Å². The summed E-state index contributed by atoms with van der Waals surface area (Å²) in [7, 11) is 0. The Morgan fingerprint density at radius 3 is 2.29 bits per heavy atom. The van der Waals surface area contributed by atoms with Gasteiger partial charge in [-0.2, -0.15) is 0 Å². The number of nitrogens with zero attached hydrogens (tertiary/aromatic N) is 1. The molecule has 7 heteroatoms. The highest BCUT2D eigenvalue weighted by Gasteiger charge is 2.40. The van der Waals surface area contributed by atoms with Gasteiger partial charge in [-0.25, -0.2) is 4.90 Å². The molecule has 2 aromatic carbocycles. The van der Waals surface area contributed by atoms with E-state index in [1.165, 1.54) is 24.3 Å². The molecule has 0 aromatic heterocycles. The van der Waals surface area contributed by atoms with E-state index < -0.39 is 11.3 Å². The van der Waals surface area contributed by atoms with E-state index in [0.717, 1.165) is 22.2 Å². The average Bonchev–Trinajstić information content (AvgIpc) is 2.83. The van der Waals surface area contributed by atoms with Gasteiger partial charge in [-0.1, -0.05) is 29.8 Å².